The average molecular weight is 342 g/mol. The van der Waals surface area contributed by atoms with Gasteiger partial charge >= 0.3 is 5.97 Å². The Morgan fingerprint density at radius 1 is 1.30 bits per heavy atom. The summed E-state index contributed by atoms with van der Waals surface area (Å²) in [5.41, 5.74) is 2.27. The molecule has 1 amide bonds. The molecule has 0 bridgehead atoms. The van der Waals surface area contributed by atoms with Crippen LogP contribution in [0.2, 0.25) is 0 Å². The van der Waals surface area contributed by atoms with E-state index in [2.05, 4.69) is 22.0 Å². The standard InChI is InChI=1S/C15H20BrNO3/c1-3-17(9-8-15(19)20)14(18)7-5-12-4-6-13(16)11(2)10-12/h4,6,10H,3,5,7-9H2,1-2H3,(H,19,20). The zero-order valence-corrected chi connectivity index (χ0v) is 13.4. The maximum absolute atomic E-state index is 12.0. The fraction of sp³-hybridized carbons (Fsp3) is 0.467. The van der Waals surface area contributed by atoms with E-state index in [1.54, 1.807) is 4.90 Å². The van der Waals surface area contributed by atoms with Gasteiger partial charge in [-0.3, -0.25) is 9.59 Å². The van der Waals surface area contributed by atoms with Crippen LogP contribution in [0.1, 0.15) is 30.9 Å². The van der Waals surface area contributed by atoms with Gasteiger partial charge in [-0.15, -0.1) is 0 Å². The second kappa shape index (κ2) is 8.04. The van der Waals surface area contributed by atoms with Crippen LogP contribution in [-0.4, -0.2) is 35.0 Å². The minimum absolute atomic E-state index is 0.00300. The molecule has 20 heavy (non-hydrogen) atoms. The Hall–Kier alpha value is -1.36. The van der Waals surface area contributed by atoms with Crippen LogP contribution in [0, 0.1) is 6.92 Å². The van der Waals surface area contributed by atoms with Gasteiger partial charge in [-0.25, -0.2) is 0 Å². The van der Waals surface area contributed by atoms with Crippen molar-refractivity contribution in [1.82, 2.24) is 4.90 Å². The van der Waals surface area contributed by atoms with Crippen molar-refractivity contribution in [2.24, 2.45) is 0 Å². The highest BCUT2D eigenvalue weighted by atomic mass is 79.9. The lowest BCUT2D eigenvalue weighted by molar-refractivity contribution is -0.138. The van der Waals surface area contributed by atoms with Crippen LogP contribution in [-0.2, 0) is 16.0 Å². The number of halogens is 1. The molecule has 0 radical (unpaired) electrons. The SMILES string of the molecule is CCN(CCC(=O)O)C(=O)CCc1ccc(Br)c(C)c1. The zero-order valence-electron chi connectivity index (χ0n) is 11.9. The van der Waals surface area contributed by atoms with Gasteiger partial charge in [0, 0.05) is 24.0 Å². The van der Waals surface area contributed by atoms with Crippen LogP contribution in [0.25, 0.3) is 0 Å². The predicted octanol–water partition coefficient (Wildman–Crippen LogP) is 3.01. The summed E-state index contributed by atoms with van der Waals surface area (Å²) < 4.78 is 1.06. The van der Waals surface area contributed by atoms with Crippen molar-refractivity contribution < 1.29 is 14.7 Å². The molecule has 0 heterocycles. The van der Waals surface area contributed by atoms with E-state index in [0.29, 0.717) is 19.4 Å². The summed E-state index contributed by atoms with van der Waals surface area (Å²) in [5, 5.41) is 8.66. The third kappa shape index (κ3) is 5.33. The number of benzene rings is 1. The quantitative estimate of drug-likeness (QED) is 0.829. The molecule has 0 unspecified atom stereocenters. The molecule has 0 saturated heterocycles. The Kier molecular flexibility index (Phi) is 6.71. The van der Waals surface area contributed by atoms with E-state index in [1.165, 1.54) is 0 Å². The van der Waals surface area contributed by atoms with Crippen molar-refractivity contribution in [2.45, 2.75) is 33.1 Å². The monoisotopic (exact) mass is 341 g/mol. The first-order valence-corrected chi connectivity index (χ1v) is 7.48. The highest BCUT2D eigenvalue weighted by molar-refractivity contribution is 9.10. The maximum atomic E-state index is 12.0. The normalized spacial score (nSPS) is 10.3. The van der Waals surface area contributed by atoms with Crippen molar-refractivity contribution in [3.63, 3.8) is 0 Å². The van der Waals surface area contributed by atoms with Gasteiger partial charge in [-0.05, 0) is 37.5 Å². The number of hydrogen-bond donors (Lipinski definition) is 1. The van der Waals surface area contributed by atoms with E-state index in [-0.39, 0.29) is 18.9 Å². The number of aliphatic carboxylic acids is 1. The molecular weight excluding hydrogens is 322 g/mol. The first-order valence-electron chi connectivity index (χ1n) is 6.68. The van der Waals surface area contributed by atoms with Gasteiger partial charge in [0.05, 0.1) is 6.42 Å². The predicted molar refractivity (Wildman–Crippen MR) is 81.7 cm³/mol. The lowest BCUT2D eigenvalue weighted by Gasteiger charge is -2.20. The van der Waals surface area contributed by atoms with Gasteiger partial charge in [-0.1, -0.05) is 28.1 Å². The Balaban J connectivity index is 2.52. The average Bonchev–Trinajstić information content (AvgIpc) is 2.40. The van der Waals surface area contributed by atoms with Crippen molar-refractivity contribution in [1.29, 1.82) is 0 Å². The number of carboxylic acid groups (broad SMARTS) is 1. The number of nitrogens with zero attached hydrogens (tertiary/aromatic N) is 1. The number of carbonyl (C=O) groups excluding carboxylic acids is 1. The topological polar surface area (TPSA) is 57.6 Å². The molecule has 0 spiro atoms. The Morgan fingerprint density at radius 2 is 2.00 bits per heavy atom. The van der Waals surface area contributed by atoms with Crippen LogP contribution < -0.4 is 0 Å². The summed E-state index contributed by atoms with van der Waals surface area (Å²) in [6.45, 7) is 4.71. The Labute approximate surface area is 127 Å². The third-order valence-electron chi connectivity index (χ3n) is 3.18. The van der Waals surface area contributed by atoms with Gasteiger partial charge in [0.25, 0.3) is 0 Å². The molecule has 1 N–H and O–H groups in total. The van der Waals surface area contributed by atoms with Crippen LogP contribution in [0.4, 0.5) is 0 Å². The molecule has 0 atom stereocenters. The Morgan fingerprint density at radius 3 is 2.55 bits per heavy atom. The number of hydrogen-bond acceptors (Lipinski definition) is 2. The zero-order chi connectivity index (χ0) is 15.1. The number of aryl methyl sites for hydroxylation is 2. The molecule has 5 heteroatoms. The van der Waals surface area contributed by atoms with Gasteiger partial charge in [0.1, 0.15) is 0 Å². The highest BCUT2D eigenvalue weighted by Gasteiger charge is 2.13. The second-order valence-corrected chi connectivity index (χ2v) is 5.56. The second-order valence-electron chi connectivity index (χ2n) is 4.70. The van der Waals surface area contributed by atoms with E-state index in [4.69, 9.17) is 5.11 Å². The smallest absolute Gasteiger partial charge is 0.305 e. The molecule has 0 saturated carbocycles. The maximum Gasteiger partial charge on any atom is 0.305 e. The fourth-order valence-electron chi connectivity index (χ4n) is 1.96. The first-order chi connectivity index (χ1) is 9.43. The van der Waals surface area contributed by atoms with Crippen molar-refractivity contribution >= 4 is 27.8 Å². The summed E-state index contributed by atoms with van der Waals surface area (Å²) >= 11 is 3.45. The minimum Gasteiger partial charge on any atom is -0.481 e. The van der Waals surface area contributed by atoms with Crippen LogP contribution in [0.15, 0.2) is 22.7 Å². The van der Waals surface area contributed by atoms with Gasteiger partial charge in [0.15, 0.2) is 0 Å². The molecular formula is C15H20BrNO3. The number of rotatable bonds is 7. The first kappa shape index (κ1) is 16.7. The molecule has 0 aliphatic carbocycles. The minimum atomic E-state index is -0.875. The summed E-state index contributed by atoms with van der Waals surface area (Å²) in [6, 6.07) is 6.04. The number of carbonyl (C=O) groups is 2. The molecule has 0 aliphatic heterocycles. The van der Waals surface area contributed by atoms with Crippen LogP contribution >= 0.6 is 15.9 Å². The van der Waals surface area contributed by atoms with Crippen molar-refractivity contribution in [3.05, 3.63) is 33.8 Å². The number of amides is 1. The van der Waals surface area contributed by atoms with Crippen molar-refractivity contribution in [2.75, 3.05) is 13.1 Å². The molecule has 0 aliphatic rings. The summed E-state index contributed by atoms with van der Waals surface area (Å²) in [6.07, 6.45) is 1.09. The summed E-state index contributed by atoms with van der Waals surface area (Å²) in [7, 11) is 0. The summed E-state index contributed by atoms with van der Waals surface area (Å²) in [4.78, 5) is 24.2. The van der Waals surface area contributed by atoms with Gasteiger partial charge in [-0.2, -0.15) is 0 Å². The van der Waals surface area contributed by atoms with E-state index < -0.39 is 5.97 Å². The van der Waals surface area contributed by atoms with E-state index in [1.807, 2.05) is 26.0 Å². The molecule has 0 aromatic heterocycles. The lowest BCUT2D eigenvalue weighted by atomic mass is 10.1. The fourth-order valence-corrected chi connectivity index (χ4v) is 2.21. The number of carboxylic acids is 1. The van der Waals surface area contributed by atoms with Crippen molar-refractivity contribution in [3.8, 4) is 0 Å². The molecule has 1 rings (SSSR count). The lowest BCUT2D eigenvalue weighted by Crippen LogP contribution is -2.32. The molecule has 110 valence electrons. The molecule has 4 nitrogen and oxygen atoms in total. The van der Waals surface area contributed by atoms with E-state index >= 15 is 0 Å². The molecule has 1 aromatic rings. The van der Waals surface area contributed by atoms with Crippen LogP contribution in [0.3, 0.4) is 0 Å². The van der Waals surface area contributed by atoms with E-state index in [0.717, 1.165) is 15.6 Å². The highest BCUT2D eigenvalue weighted by Crippen LogP contribution is 2.18. The Bertz CT molecular complexity index is 488. The van der Waals surface area contributed by atoms with Gasteiger partial charge in [0.2, 0.25) is 5.91 Å². The molecule has 1 aromatic carbocycles. The van der Waals surface area contributed by atoms with Crippen LogP contribution in [0.5, 0.6) is 0 Å². The third-order valence-corrected chi connectivity index (χ3v) is 4.07. The summed E-state index contributed by atoms with van der Waals surface area (Å²) in [5.74, 6) is -0.867. The van der Waals surface area contributed by atoms with E-state index in [9.17, 15) is 9.59 Å². The molecule has 0 fully saturated rings. The largest absolute Gasteiger partial charge is 0.481 e. The van der Waals surface area contributed by atoms with Gasteiger partial charge < -0.3 is 10.0 Å².